The highest BCUT2D eigenvalue weighted by atomic mass is 79.9. The van der Waals surface area contributed by atoms with Gasteiger partial charge in [-0.3, -0.25) is 4.57 Å². The van der Waals surface area contributed by atoms with E-state index in [1.807, 2.05) is 35.9 Å². The Kier molecular flexibility index (Phi) is 3.07. The van der Waals surface area contributed by atoms with E-state index >= 15 is 0 Å². The van der Waals surface area contributed by atoms with Gasteiger partial charge in [0.05, 0.1) is 10.2 Å². The normalized spacial score (nSPS) is 10.4. The van der Waals surface area contributed by atoms with Gasteiger partial charge in [-0.25, -0.2) is 4.98 Å². The van der Waals surface area contributed by atoms with Crippen molar-refractivity contribution in [1.82, 2.24) is 9.55 Å². The summed E-state index contributed by atoms with van der Waals surface area (Å²) in [5.41, 5.74) is 7.56. The maximum atomic E-state index is 5.65. The summed E-state index contributed by atoms with van der Waals surface area (Å²) in [5.74, 6) is 0.799. The van der Waals surface area contributed by atoms with Crippen molar-refractivity contribution in [2.75, 3.05) is 0 Å². The first-order chi connectivity index (χ1) is 7.61. The predicted molar refractivity (Wildman–Crippen MR) is 71.9 cm³/mol. The SMILES string of the molecule is Cc1ccnc(-n2cccc2C(N)=S)c1Br. The van der Waals surface area contributed by atoms with Gasteiger partial charge in [0.15, 0.2) is 5.82 Å². The number of halogens is 1. The molecule has 0 saturated carbocycles. The summed E-state index contributed by atoms with van der Waals surface area (Å²) in [5, 5.41) is 0. The van der Waals surface area contributed by atoms with Gasteiger partial charge in [-0.2, -0.15) is 0 Å². The second-order valence-corrected chi connectivity index (χ2v) is 4.63. The summed E-state index contributed by atoms with van der Waals surface area (Å²) in [7, 11) is 0. The minimum atomic E-state index is 0.361. The first-order valence-corrected chi connectivity index (χ1v) is 5.90. The van der Waals surface area contributed by atoms with Crippen molar-refractivity contribution in [3.63, 3.8) is 0 Å². The van der Waals surface area contributed by atoms with Crippen molar-refractivity contribution in [3.05, 3.63) is 46.3 Å². The third kappa shape index (κ3) is 1.88. The molecule has 0 atom stereocenters. The molecule has 2 rings (SSSR count). The molecule has 0 fully saturated rings. The van der Waals surface area contributed by atoms with Crippen LogP contribution in [0.2, 0.25) is 0 Å². The Morgan fingerprint density at radius 1 is 1.50 bits per heavy atom. The average molecular weight is 296 g/mol. The van der Waals surface area contributed by atoms with Crippen LogP contribution in [0, 0.1) is 6.92 Å². The zero-order valence-electron chi connectivity index (χ0n) is 8.64. The molecule has 0 saturated heterocycles. The molecule has 0 aromatic carbocycles. The second kappa shape index (κ2) is 4.35. The highest BCUT2D eigenvalue weighted by Gasteiger charge is 2.10. The Labute approximate surface area is 107 Å². The van der Waals surface area contributed by atoms with Crippen molar-refractivity contribution >= 4 is 33.1 Å². The zero-order chi connectivity index (χ0) is 11.7. The lowest BCUT2D eigenvalue weighted by atomic mass is 10.3. The molecule has 2 heterocycles. The average Bonchev–Trinajstić information content (AvgIpc) is 2.70. The fourth-order valence-corrected chi connectivity index (χ4v) is 2.05. The summed E-state index contributed by atoms with van der Waals surface area (Å²) in [4.78, 5) is 4.69. The lowest BCUT2D eigenvalue weighted by molar-refractivity contribution is 0.980. The Bertz CT molecular complexity index is 548. The van der Waals surface area contributed by atoms with Crippen LogP contribution in [-0.4, -0.2) is 14.5 Å². The van der Waals surface area contributed by atoms with Crippen LogP contribution >= 0.6 is 28.1 Å². The number of nitrogens with zero attached hydrogens (tertiary/aromatic N) is 2. The number of hydrogen-bond donors (Lipinski definition) is 1. The van der Waals surface area contributed by atoms with Gasteiger partial charge < -0.3 is 5.73 Å². The van der Waals surface area contributed by atoms with Crippen molar-refractivity contribution < 1.29 is 0 Å². The van der Waals surface area contributed by atoms with Gasteiger partial charge in [-0.15, -0.1) is 0 Å². The predicted octanol–water partition coefficient (Wildman–Crippen LogP) is 2.58. The first kappa shape index (κ1) is 11.3. The van der Waals surface area contributed by atoms with E-state index in [9.17, 15) is 0 Å². The number of pyridine rings is 1. The van der Waals surface area contributed by atoms with Gasteiger partial charge in [-0.05, 0) is 46.6 Å². The van der Waals surface area contributed by atoms with Crippen LogP contribution in [0.1, 0.15) is 11.3 Å². The van der Waals surface area contributed by atoms with Gasteiger partial charge in [0, 0.05) is 12.4 Å². The summed E-state index contributed by atoms with van der Waals surface area (Å²) in [6.45, 7) is 2.01. The Hall–Kier alpha value is -1.20. The Balaban J connectivity index is 2.63. The number of nitrogens with two attached hydrogens (primary N) is 1. The quantitative estimate of drug-likeness (QED) is 0.866. The van der Waals surface area contributed by atoms with Gasteiger partial charge in [0.25, 0.3) is 0 Å². The van der Waals surface area contributed by atoms with Crippen molar-refractivity contribution in [1.29, 1.82) is 0 Å². The van der Waals surface area contributed by atoms with Crippen LogP contribution in [0.4, 0.5) is 0 Å². The molecule has 0 bridgehead atoms. The monoisotopic (exact) mass is 295 g/mol. The number of rotatable bonds is 2. The molecular formula is C11H10BrN3S. The smallest absolute Gasteiger partial charge is 0.151 e. The fraction of sp³-hybridized carbons (Fsp3) is 0.0909. The summed E-state index contributed by atoms with van der Waals surface area (Å²) < 4.78 is 2.82. The summed E-state index contributed by atoms with van der Waals surface area (Å²) in [6.07, 6.45) is 3.65. The number of aryl methyl sites for hydroxylation is 1. The molecule has 2 aromatic rings. The molecule has 3 nitrogen and oxygen atoms in total. The van der Waals surface area contributed by atoms with Crippen LogP contribution in [0.15, 0.2) is 35.1 Å². The molecule has 2 aromatic heterocycles. The van der Waals surface area contributed by atoms with Crippen LogP contribution in [0.25, 0.3) is 5.82 Å². The molecule has 0 unspecified atom stereocenters. The molecule has 0 aliphatic rings. The van der Waals surface area contributed by atoms with Gasteiger partial charge >= 0.3 is 0 Å². The largest absolute Gasteiger partial charge is 0.388 e. The number of hydrogen-bond acceptors (Lipinski definition) is 2. The van der Waals surface area contributed by atoms with E-state index in [1.54, 1.807) is 6.20 Å². The van der Waals surface area contributed by atoms with Crippen molar-refractivity contribution in [2.24, 2.45) is 5.73 Å². The zero-order valence-corrected chi connectivity index (χ0v) is 11.0. The Morgan fingerprint density at radius 3 is 2.94 bits per heavy atom. The maximum absolute atomic E-state index is 5.65. The maximum Gasteiger partial charge on any atom is 0.151 e. The molecule has 0 aliphatic heterocycles. The third-order valence-electron chi connectivity index (χ3n) is 2.29. The molecule has 82 valence electrons. The molecule has 0 amide bonds. The molecule has 0 aliphatic carbocycles. The van der Waals surface area contributed by atoms with E-state index in [4.69, 9.17) is 18.0 Å². The van der Waals surface area contributed by atoms with Gasteiger partial charge in [-0.1, -0.05) is 12.2 Å². The second-order valence-electron chi connectivity index (χ2n) is 3.39. The highest BCUT2D eigenvalue weighted by molar-refractivity contribution is 9.10. The van der Waals surface area contributed by atoms with Crippen molar-refractivity contribution in [2.45, 2.75) is 6.92 Å². The van der Waals surface area contributed by atoms with E-state index < -0.39 is 0 Å². The van der Waals surface area contributed by atoms with Crippen molar-refractivity contribution in [3.8, 4) is 5.82 Å². The van der Waals surface area contributed by atoms with E-state index in [0.717, 1.165) is 21.5 Å². The number of thiocarbonyl (C=S) groups is 1. The molecule has 5 heteroatoms. The topological polar surface area (TPSA) is 43.8 Å². The minimum Gasteiger partial charge on any atom is -0.388 e. The lowest BCUT2D eigenvalue weighted by Gasteiger charge is -2.10. The number of aromatic nitrogens is 2. The molecule has 0 spiro atoms. The summed E-state index contributed by atoms with van der Waals surface area (Å²) >= 11 is 8.51. The van der Waals surface area contributed by atoms with E-state index in [0.29, 0.717) is 4.99 Å². The van der Waals surface area contributed by atoms with Gasteiger partial charge in [0.1, 0.15) is 4.99 Å². The van der Waals surface area contributed by atoms with Crippen LogP contribution in [0.3, 0.4) is 0 Å². The molecule has 2 N–H and O–H groups in total. The molecular weight excluding hydrogens is 286 g/mol. The van der Waals surface area contributed by atoms with E-state index in [2.05, 4.69) is 20.9 Å². The minimum absolute atomic E-state index is 0.361. The third-order valence-corrected chi connectivity index (χ3v) is 3.48. The summed E-state index contributed by atoms with van der Waals surface area (Å²) in [6, 6.07) is 5.71. The first-order valence-electron chi connectivity index (χ1n) is 4.70. The van der Waals surface area contributed by atoms with Crippen LogP contribution in [0.5, 0.6) is 0 Å². The fourth-order valence-electron chi connectivity index (χ4n) is 1.46. The Morgan fingerprint density at radius 2 is 2.25 bits per heavy atom. The molecule has 16 heavy (non-hydrogen) atoms. The van der Waals surface area contributed by atoms with Gasteiger partial charge in [0.2, 0.25) is 0 Å². The van der Waals surface area contributed by atoms with Crippen LogP contribution in [-0.2, 0) is 0 Å². The highest BCUT2D eigenvalue weighted by Crippen LogP contribution is 2.23. The van der Waals surface area contributed by atoms with E-state index in [1.165, 1.54) is 0 Å². The van der Waals surface area contributed by atoms with E-state index in [-0.39, 0.29) is 0 Å². The van der Waals surface area contributed by atoms with Crippen LogP contribution < -0.4 is 5.73 Å². The molecule has 0 radical (unpaired) electrons. The standard InChI is InChI=1S/C11H10BrN3S/c1-7-4-5-14-11(9(7)12)15-6-2-3-8(15)10(13)16/h2-6H,1H3,(H2,13,16). The lowest BCUT2D eigenvalue weighted by Crippen LogP contribution is -2.15.